The van der Waals surface area contributed by atoms with E-state index in [1.807, 2.05) is 24.0 Å². The number of aromatic nitrogens is 3. The summed E-state index contributed by atoms with van der Waals surface area (Å²) in [6.45, 7) is 4.08. The van der Waals surface area contributed by atoms with Crippen molar-refractivity contribution in [2.45, 2.75) is 32.4 Å². The molecule has 1 fully saturated rings. The average Bonchev–Trinajstić information content (AvgIpc) is 3.36. The Morgan fingerprint density at radius 3 is 3.00 bits per heavy atom. The van der Waals surface area contributed by atoms with E-state index in [4.69, 9.17) is 0 Å². The number of aliphatic imine (C=N–C) groups is 1. The van der Waals surface area contributed by atoms with Crippen LogP contribution in [0.25, 0.3) is 11.4 Å². The Morgan fingerprint density at radius 1 is 1.44 bits per heavy atom. The molecule has 2 heterocycles. The molecule has 0 aliphatic carbocycles. The van der Waals surface area contributed by atoms with E-state index in [-0.39, 0.29) is 35.9 Å². The summed E-state index contributed by atoms with van der Waals surface area (Å²) in [6, 6.07) is 8.35. The Kier molecular flexibility index (Phi) is 8.01. The Bertz CT molecular complexity index is 763. The van der Waals surface area contributed by atoms with Crippen molar-refractivity contribution < 1.29 is 4.79 Å². The lowest BCUT2D eigenvalue weighted by molar-refractivity contribution is -0.129. The summed E-state index contributed by atoms with van der Waals surface area (Å²) in [5, 5.41) is 13.5. The molecule has 1 aliphatic heterocycles. The molecule has 1 amide bonds. The second kappa shape index (κ2) is 10.2. The quantitative estimate of drug-likeness (QED) is 0.342. The van der Waals surface area contributed by atoms with Crippen molar-refractivity contribution >= 4 is 35.8 Å². The molecule has 9 heteroatoms. The van der Waals surface area contributed by atoms with Gasteiger partial charge in [0.05, 0.1) is 0 Å². The first-order chi connectivity index (χ1) is 12.7. The van der Waals surface area contributed by atoms with Gasteiger partial charge >= 0.3 is 0 Å². The van der Waals surface area contributed by atoms with Crippen molar-refractivity contribution in [1.29, 1.82) is 0 Å². The van der Waals surface area contributed by atoms with E-state index < -0.39 is 0 Å². The number of hydrogen-bond acceptors (Lipinski definition) is 4. The van der Waals surface area contributed by atoms with Crippen LogP contribution in [0.5, 0.6) is 0 Å². The van der Waals surface area contributed by atoms with Gasteiger partial charge in [0.15, 0.2) is 11.8 Å². The zero-order valence-corrected chi connectivity index (χ0v) is 17.9. The van der Waals surface area contributed by atoms with Crippen LogP contribution in [-0.4, -0.2) is 58.1 Å². The van der Waals surface area contributed by atoms with Crippen molar-refractivity contribution in [3.63, 3.8) is 0 Å². The van der Waals surface area contributed by atoms with Crippen molar-refractivity contribution in [3.05, 3.63) is 36.2 Å². The van der Waals surface area contributed by atoms with E-state index in [0.29, 0.717) is 13.0 Å². The maximum Gasteiger partial charge on any atom is 0.222 e. The average molecular weight is 483 g/mol. The molecule has 1 unspecified atom stereocenters. The number of likely N-dealkylation sites (tertiary alicyclic amines) is 1. The number of carbonyl (C=O) groups excluding carboxylic acids is 1. The van der Waals surface area contributed by atoms with Crippen LogP contribution in [0.3, 0.4) is 0 Å². The maximum atomic E-state index is 11.8. The zero-order chi connectivity index (χ0) is 18.4. The third kappa shape index (κ3) is 5.65. The SMILES string of the molecule is CCC(=O)N1CCC(NC(=NC)NCc2cccc(-c3ncn[nH]3)c2)C1.I. The minimum atomic E-state index is 0. The molecule has 3 N–H and O–H groups in total. The summed E-state index contributed by atoms with van der Waals surface area (Å²) >= 11 is 0. The number of benzene rings is 1. The van der Waals surface area contributed by atoms with Gasteiger partial charge in [-0.2, -0.15) is 5.10 Å². The van der Waals surface area contributed by atoms with Gasteiger partial charge in [0.2, 0.25) is 5.91 Å². The van der Waals surface area contributed by atoms with Crippen LogP contribution in [0, 0.1) is 0 Å². The number of halogens is 1. The number of H-pyrrole nitrogens is 1. The Morgan fingerprint density at radius 2 is 2.30 bits per heavy atom. The summed E-state index contributed by atoms with van der Waals surface area (Å²) in [4.78, 5) is 22.2. The van der Waals surface area contributed by atoms with Crippen LogP contribution in [-0.2, 0) is 11.3 Å². The van der Waals surface area contributed by atoms with E-state index in [2.05, 4.69) is 42.9 Å². The van der Waals surface area contributed by atoms with Gasteiger partial charge < -0.3 is 15.5 Å². The van der Waals surface area contributed by atoms with Gasteiger partial charge in [-0.05, 0) is 18.1 Å². The van der Waals surface area contributed by atoms with Gasteiger partial charge in [-0.3, -0.25) is 14.9 Å². The monoisotopic (exact) mass is 483 g/mol. The van der Waals surface area contributed by atoms with E-state index in [1.54, 1.807) is 7.05 Å². The first-order valence-electron chi connectivity index (χ1n) is 8.89. The molecule has 0 saturated carbocycles. The topological polar surface area (TPSA) is 98.3 Å². The van der Waals surface area contributed by atoms with Gasteiger partial charge in [-0.25, -0.2) is 4.98 Å². The van der Waals surface area contributed by atoms with Gasteiger partial charge in [0, 0.05) is 44.7 Å². The lowest BCUT2D eigenvalue weighted by Crippen LogP contribution is -2.44. The normalized spacial score (nSPS) is 16.7. The third-order valence-electron chi connectivity index (χ3n) is 4.48. The number of amides is 1. The highest BCUT2D eigenvalue weighted by molar-refractivity contribution is 14.0. The molecule has 0 bridgehead atoms. The molecule has 0 spiro atoms. The number of nitrogens with zero attached hydrogens (tertiary/aromatic N) is 4. The minimum Gasteiger partial charge on any atom is -0.352 e. The summed E-state index contributed by atoms with van der Waals surface area (Å²) in [5.41, 5.74) is 2.12. The van der Waals surface area contributed by atoms with Gasteiger partial charge in [-0.15, -0.1) is 24.0 Å². The predicted molar refractivity (Wildman–Crippen MR) is 116 cm³/mol. The molecule has 1 aromatic carbocycles. The smallest absolute Gasteiger partial charge is 0.222 e. The van der Waals surface area contributed by atoms with Crippen LogP contribution in [0.15, 0.2) is 35.6 Å². The van der Waals surface area contributed by atoms with Crippen molar-refractivity contribution in [3.8, 4) is 11.4 Å². The molecule has 1 saturated heterocycles. The maximum absolute atomic E-state index is 11.8. The molecular formula is C18H26IN7O. The molecule has 1 atom stereocenters. The van der Waals surface area contributed by atoms with E-state index in [9.17, 15) is 4.79 Å². The Labute approximate surface area is 176 Å². The van der Waals surface area contributed by atoms with Crippen LogP contribution in [0.4, 0.5) is 0 Å². The highest BCUT2D eigenvalue weighted by Crippen LogP contribution is 2.15. The highest BCUT2D eigenvalue weighted by atomic mass is 127. The Hall–Kier alpha value is -2.17. The minimum absolute atomic E-state index is 0. The molecule has 27 heavy (non-hydrogen) atoms. The fraction of sp³-hybridized carbons (Fsp3) is 0.444. The third-order valence-corrected chi connectivity index (χ3v) is 4.48. The fourth-order valence-corrected chi connectivity index (χ4v) is 3.08. The summed E-state index contributed by atoms with van der Waals surface area (Å²) in [5.74, 6) is 1.70. The van der Waals surface area contributed by atoms with Gasteiger partial charge in [0.25, 0.3) is 0 Å². The molecule has 146 valence electrons. The first-order valence-corrected chi connectivity index (χ1v) is 8.89. The number of nitrogens with one attached hydrogen (secondary N) is 3. The van der Waals surface area contributed by atoms with E-state index in [0.717, 1.165) is 42.4 Å². The molecule has 8 nitrogen and oxygen atoms in total. The number of rotatable bonds is 5. The number of guanidine groups is 1. The fourth-order valence-electron chi connectivity index (χ4n) is 3.08. The van der Waals surface area contributed by atoms with Crippen molar-refractivity contribution in [1.82, 2.24) is 30.7 Å². The van der Waals surface area contributed by atoms with Gasteiger partial charge in [-0.1, -0.05) is 25.1 Å². The number of carbonyl (C=O) groups is 1. The first kappa shape index (κ1) is 21.1. The molecule has 1 aliphatic rings. The molecule has 2 aromatic rings. The molecule has 1 aromatic heterocycles. The number of aromatic amines is 1. The lowest BCUT2D eigenvalue weighted by atomic mass is 10.1. The second-order valence-corrected chi connectivity index (χ2v) is 6.28. The Balaban J connectivity index is 0.00000261. The number of hydrogen-bond donors (Lipinski definition) is 3. The standard InChI is InChI=1S/C18H25N7O.HI/c1-3-16(26)25-8-7-15(11-25)23-18(19-2)20-10-13-5-4-6-14(9-13)17-21-12-22-24-17;/h4-6,9,12,15H,3,7-8,10-11H2,1-2H3,(H2,19,20,23)(H,21,22,24);1H. The largest absolute Gasteiger partial charge is 0.352 e. The predicted octanol–water partition coefficient (Wildman–Crippen LogP) is 1.77. The van der Waals surface area contributed by atoms with E-state index >= 15 is 0 Å². The van der Waals surface area contributed by atoms with Crippen LogP contribution in [0.2, 0.25) is 0 Å². The van der Waals surface area contributed by atoms with Crippen molar-refractivity contribution in [2.75, 3.05) is 20.1 Å². The highest BCUT2D eigenvalue weighted by Gasteiger charge is 2.25. The van der Waals surface area contributed by atoms with Crippen LogP contribution < -0.4 is 10.6 Å². The molecular weight excluding hydrogens is 457 g/mol. The van der Waals surface area contributed by atoms with Gasteiger partial charge in [0.1, 0.15) is 6.33 Å². The van der Waals surface area contributed by atoms with Crippen LogP contribution in [0.1, 0.15) is 25.3 Å². The summed E-state index contributed by atoms with van der Waals surface area (Å²) < 4.78 is 0. The molecule has 0 radical (unpaired) electrons. The summed E-state index contributed by atoms with van der Waals surface area (Å²) in [6.07, 6.45) is 2.99. The van der Waals surface area contributed by atoms with Crippen molar-refractivity contribution in [2.24, 2.45) is 4.99 Å². The zero-order valence-electron chi connectivity index (χ0n) is 15.6. The van der Waals surface area contributed by atoms with E-state index in [1.165, 1.54) is 6.33 Å². The lowest BCUT2D eigenvalue weighted by Gasteiger charge is -2.18. The molecule has 3 rings (SSSR count). The second-order valence-electron chi connectivity index (χ2n) is 6.28. The summed E-state index contributed by atoms with van der Waals surface area (Å²) in [7, 11) is 1.75. The van der Waals surface area contributed by atoms with Crippen LogP contribution >= 0.6 is 24.0 Å².